The summed E-state index contributed by atoms with van der Waals surface area (Å²) in [6, 6.07) is 1.01. The van der Waals surface area contributed by atoms with Crippen LogP contribution in [0.1, 0.15) is 13.8 Å². The molecule has 2 atom stereocenters. The molecule has 0 unspecified atom stereocenters. The maximum Gasteiger partial charge on any atom is 0.102 e. The standard InChI is InChI=1S/C8H17FN2/c1-7-5-11(4-3-9)6-8(2)10-7/h7-8,10H,3-6H2,1-2H3/t7-,8+. The number of piperazine rings is 1. The fraction of sp³-hybridized carbons (Fsp3) is 1.00. The predicted molar refractivity (Wildman–Crippen MR) is 44.5 cm³/mol. The van der Waals surface area contributed by atoms with Crippen molar-refractivity contribution in [1.29, 1.82) is 0 Å². The molecular weight excluding hydrogens is 143 g/mol. The minimum atomic E-state index is -0.223. The van der Waals surface area contributed by atoms with Gasteiger partial charge in [0.2, 0.25) is 0 Å². The van der Waals surface area contributed by atoms with E-state index in [1.54, 1.807) is 0 Å². The van der Waals surface area contributed by atoms with E-state index in [4.69, 9.17) is 0 Å². The van der Waals surface area contributed by atoms with Crippen LogP contribution in [0.25, 0.3) is 0 Å². The highest BCUT2D eigenvalue weighted by Gasteiger charge is 2.19. The van der Waals surface area contributed by atoms with Gasteiger partial charge in [0, 0.05) is 31.7 Å². The second kappa shape index (κ2) is 4.02. The number of rotatable bonds is 2. The summed E-state index contributed by atoms with van der Waals surface area (Å²) < 4.78 is 12.0. The fourth-order valence-corrected chi connectivity index (χ4v) is 1.74. The third kappa shape index (κ3) is 2.75. The lowest BCUT2D eigenvalue weighted by atomic mass is 10.1. The SMILES string of the molecule is C[C@@H]1CN(CCF)C[C@H](C)N1. The monoisotopic (exact) mass is 160 g/mol. The van der Waals surface area contributed by atoms with Crippen molar-refractivity contribution in [2.75, 3.05) is 26.3 Å². The van der Waals surface area contributed by atoms with Gasteiger partial charge < -0.3 is 5.32 Å². The zero-order valence-electron chi connectivity index (χ0n) is 7.31. The highest BCUT2D eigenvalue weighted by Crippen LogP contribution is 2.02. The Balaban J connectivity index is 2.30. The zero-order chi connectivity index (χ0) is 8.27. The number of halogens is 1. The van der Waals surface area contributed by atoms with E-state index in [0.29, 0.717) is 18.6 Å². The van der Waals surface area contributed by atoms with Crippen molar-refractivity contribution in [1.82, 2.24) is 10.2 Å². The third-order valence-electron chi connectivity index (χ3n) is 2.03. The lowest BCUT2D eigenvalue weighted by Crippen LogP contribution is -2.54. The van der Waals surface area contributed by atoms with Crippen molar-refractivity contribution >= 4 is 0 Å². The Bertz CT molecular complexity index is 109. The number of hydrogen-bond acceptors (Lipinski definition) is 2. The predicted octanol–water partition coefficient (Wildman–Crippen LogP) is 0.638. The Morgan fingerprint density at radius 2 is 1.91 bits per heavy atom. The highest BCUT2D eigenvalue weighted by molar-refractivity contribution is 4.80. The number of alkyl halides is 1. The lowest BCUT2D eigenvalue weighted by molar-refractivity contribution is 0.163. The van der Waals surface area contributed by atoms with Gasteiger partial charge in [-0.25, -0.2) is 4.39 Å². The second-order valence-corrected chi connectivity index (χ2v) is 3.42. The summed E-state index contributed by atoms with van der Waals surface area (Å²) in [6.07, 6.45) is 0. The average molecular weight is 160 g/mol. The van der Waals surface area contributed by atoms with Crippen LogP contribution in [0.2, 0.25) is 0 Å². The van der Waals surface area contributed by atoms with E-state index in [2.05, 4.69) is 24.1 Å². The van der Waals surface area contributed by atoms with Crippen LogP contribution in [0.4, 0.5) is 4.39 Å². The van der Waals surface area contributed by atoms with Crippen LogP contribution in [0.3, 0.4) is 0 Å². The summed E-state index contributed by atoms with van der Waals surface area (Å²) in [5.41, 5.74) is 0. The molecule has 1 rings (SSSR count). The van der Waals surface area contributed by atoms with E-state index in [-0.39, 0.29) is 6.67 Å². The van der Waals surface area contributed by atoms with Crippen molar-refractivity contribution in [2.45, 2.75) is 25.9 Å². The van der Waals surface area contributed by atoms with Gasteiger partial charge in [-0.05, 0) is 13.8 Å². The van der Waals surface area contributed by atoms with Gasteiger partial charge in [-0.15, -0.1) is 0 Å². The Labute approximate surface area is 67.8 Å². The smallest absolute Gasteiger partial charge is 0.102 e. The van der Waals surface area contributed by atoms with Gasteiger partial charge in [0.25, 0.3) is 0 Å². The molecule has 0 aromatic carbocycles. The zero-order valence-corrected chi connectivity index (χ0v) is 7.31. The van der Waals surface area contributed by atoms with Gasteiger partial charge in [-0.3, -0.25) is 4.90 Å². The number of nitrogens with one attached hydrogen (secondary N) is 1. The summed E-state index contributed by atoms with van der Waals surface area (Å²) in [4.78, 5) is 2.17. The van der Waals surface area contributed by atoms with Gasteiger partial charge in [0.15, 0.2) is 0 Å². The Hall–Kier alpha value is -0.150. The summed E-state index contributed by atoms with van der Waals surface area (Å²) in [5, 5.41) is 3.40. The molecule has 1 aliphatic heterocycles. The normalized spacial score (nSPS) is 34.1. The summed E-state index contributed by atoms with van der Waals surface area (Å²) in [6.45, 7) is 6.61. The molecule has 3 heteroatoms. The largest absolute Gasteiger partial charge is 0.309 e. The van der Waals surface area contributed by atoms with E-state index < -0.39 is 0 Å². The van der Waals surface area contributed by atoms with Crippen molar-refractivity contribution in [3.05, 3.63) is 0 Å². The average Bonchev–Trinajstić information content (AvgIpc) is 1.85. The summed E-state index contributed by atoms with van der Waals surface area (Å²) >= 11 is 0. The topological polar surface area (TPSA) is 15.3 Å². The molecule has 1 saturated heterocycles. The minimum Gasteiger partial charge on any atom is -0.309 e. The van der Waals surface area contributed by atoms with Crippen molar-refractivity contribution in [3.8, 4) is 0 Å². The molecule has 0 aromatic rings. The molecule has 0 radical (unpaired) electrons. The molecule has 0 spiro atoms. The molecule has 1 heterocycles. The summed E-state index contributed by atoms with van der Waals surface area (Å²) in [5.74, 6) is 0. The molecule has 11 heavy (non-hydrogen) atoms. The first-order valence-corrected chi connectivity index (χ1v) is 4.26. The van der Waals surface area contributed by atoms with E-state index >= 15 is 0 Å². The van der Waals surface area contributed by atoms with Crippen LogP contribution < -0.4 is 5.32 Å². The Morgan fingerprint density at radius 3 is 2.36 bits per heavy atom. The van der Waals surface area contributed by atoms with Crippen LogP contribution in [0.5, 0.6) is 0 Å². The number of nitrogens with zero attached hydrogens (tertiary/aromatic N) is 1. The molecular formula is C8H17FN2. The van der Waals surface area contributed by atoms with Crippen LogP contribution in [-0.4, -0.2) is 43.3 Å². The van der Waals surface area contributed by atoms with E-state index in [0.717, 1.165) is 13.1 Å². The number of hydrogen-bond donors (Lipinski definition) is 1. The molecule has 2 nitrogen and oxygen atoms in total. The van der Waals surface area contributed by atoms with Gasteiger partial charge in [-0.1, -0.05) is 0 Å². The molecule has 0 aromatic heterocycles. The van der Waals surface area contributed by atoms with Gasteiger partial charge in [-0.2, -0.15) is 0 Å². The maximum absolute atomic E-state index is 12.0. The first kappa shape index (κ1) is 8.94. The van der Waals surface area contributed by atoms with E-state index in [1.165, 1.54) is 0 Å². The molecule has 1 N–H and O–H groups in total. The Morgan fingerprint density at radius 1 is 1.36 bits per heavy atom. The molecule has 0 bridgehead atoms. The van der Waals surface area contributed by atoms with Crippen LogP contribution in [0.15, 0.2) is 0 Å². The first-order valence-electron chi connectivity index (χ1n) is 4.26. The molecule has 66 valence electrons. The van der Waals surface area contributed by atoms with E-state index in [9.17, 15) is 4.39 Å². The second-order valence-electron chi connectivity index (χ2n) is 3.42. The molecule has 1 fully saturated rings. The summed E-state index contributed by atoms with van der Waals surface area (Å²) in [7, 11) is 0. The van der Waals surface area contributed by atoms with E-state index in [1.807, 2.05) is 0 Å². The van der Waals surface area contributed by atoms with Crippen LogP contribution in [-0.2, 0) is 0 Å². The lowest BCUT2D eigenvalue weighted by Gasteiger charge is -2.35. The van der Waals surface area contributed by atoms with Crippen molar-refractivity contribution in [3.63, 3.8) is 0 Å². The minimum absolute atomic E-state index is 0.223. The molecule has 0 amide bonds. The van der Waals surface area contributed by atoms with Crippen LogP contribution in [0, 0.1) is 0 Å². The fourth-order valence-electron chi connectivity index (χ4n) is 1.74. The van der Waals surface area contributed by atoms with Gasteiger partial charge >= 0.3 is 0 Å². The van der Waals surface area contributed by atoms with Crippen molar-refractivity contribution in [2.24, 2.45) is 0 Å². The van der Waals surface area contributed by atoms with Gasteiger partial charge in [0.1, 0.15) is 6.67 Å². The highest BCUT2D eigenvalue weighted by atomic mass is 19.1. The third-order valence-corrected chi connectivity index (χ3v) is 2.03. The molecule has 0 saturated carbocycles. The Kier molecular flexibility index (Phi) is 3.27. The van der Waals surface area contributed by atoms with Gasteiger partial charge in [0.05, 0.1) is 0 Å². The molecule has 1 aliphatic rings. The van der Waals surface area contributed by atoms with Crippen LogP contribution >= 0.6 is 0 Å². The quantitative estimate of drug-likeness (QED) is 0.637. The van der Waals surface area contributed by atoms with Crippen molar-refractivity contribution < 1.29 is 4.39 Å². The first-order chi connectivity index (χ1) is 5.22. The molecule has 0 aliphatic carbocycles. The maximum atomic E-state index is 12.0.